The van der Waals surface area contributed by atoms with Gasteiger partial charge in [-0.15, -0.1) is 0 Å². The summed E-state index contributed by atoms with van der Waals surface area (Å²) in [4.78, 5) is 38.1. The highest BCUT2D eigenvalue weighted by Crippen LogP contribution is 2.40. The first-order chi connectivity index (χ1) is 23.8. The molecule has 1 fully saturated rings. The number of nitrogens with zero attached hydrogens (tertiary/aromatic N) is 2. The number of benzene rings is 4. The molecule has 2 heterocycles. The zero-order chi connectivity index (χ0) is 34.5. The fraction of sp³-hybridized carbons (Fsp3) is 0.231. The number of H-pyrrole nitrogens is 1. The Bertz CT molecular complexity index is 2130. The maximum atomic E-state index is 12.4. The lowest BCUT2D eigenvalue weighted by Crippen LogP contribution is -2.12. The Hall–Kier alpha value is -5.90. The minimum atomic E-state index is -0.569. The van der Waals surface area contributed by atoms with Crippen molar-refractivity contribution in [2.24, 2.45) is 0 Å². The Morgan fingerprint density at radius 1 is 0.816 bits per heavy atom. The summed E-state index contributed by atoms with van der Waals surface area (Å²) in [5, 5.41) is 12.9. The largest absolute Gasteiger partial charge is 0.462 e. The van der Waals surface area contributed by atoms with Gasteiger partial charge in [0, 0.05) is 28.1 Å². The van der Waals surface area contributed by atoms with Gasteiger partial charge in [0.05, 0.1) is 40.5 Å². The van der Waals surface area contributed by atoms with Crippen molar-refractivity contribution < 1.29 is 24.0 Å². The molecule has 0 bridgehead atoms. The molecule has 0 saturated heterocycles. The molecule has 10 nitrogen and oxygen atoms in total. The highest BCUT2D eigenvalue weighted by Gasteiger charge is 2.25. The van der Waals surface area contributed by atoms with E-state index in [1.807, 2.05) is 67.6 Å². The van der Waals surface area contributed by atoms with Crippen LogP contribution in [0.4, 0.5) is 5.69 Å². The Morgan fingerprint density at radius 3 is 1.98 bits per heavy atom. The Morgan fingerprint density at radius 2 is 1.39 bits per heavy atom. The summed E-state index contributed by atoms with van der Waals surface area (Å²) in [5.74, 6) is 6.14. The monoisotopic (exact) mass is 658 g/mol. The van der Waals surface area contributed by atoms with E-state index in [0.29, 0.717) is 29.0 Å². The first kappa shape index (κ1) is 33.0. The Labute approximate surface area is 283 Å². The molecule has 7 rings (SSSR count). The van der Waals surface area contributed by atoms with Gasteiger partial charge in [0.15, 0.2) is 0 Å². The second-order valence-electron chi connectivity index (χ2n) is 12.0. The average molecular weight is 659 g/mol. The Balaban J connectivity index is 0.000000171. The third-order valence-electron chi connectivity index (χ3n) is 8.84. The lowest BCUT2D eigenvalue weighted by Gasteiger charge is -2.15. The van der Waals surface area contributed by atoms with Crippen LogP contribution in [-0.2, 0) is 9.47 Å². The molecule has 250 valence electrons. The number of carbonyl (C=O) groups is 2. The molecule has 0 unspecified atom stereocenters. The average Bonchev–Trinajstić information content (AvgIpc) is 3.88. The van der Waals surface area contributed by atoms with Gasteiger partial charge < -0.3 is 20.3 Å². The number of nitrogen functional groups attached to an aromatic ring is 1. The Kier molecular flexibility index (Phi) is 9.75. The van der Waals surface area contributed by atoms with Crippen LogP contribution < -0.4 is 5.84 Å². The van der Waals surface area contributed by atoms with Crippen molar-refractivity contribution in [1.29, 1.82) is 0 Å². The summed E-state index contributed by atoms with van der Waals surface area (Å²) in [5.41, 5.74) is 6.93. The molecule has 1 aliphatic carbocycles. The lowest BCUT2D eigenvalue weighted by atomic mass is 9.93. The van der Waals surface area contributed by atoms with Crippen molar-refractivity contribution >= 4 is 39.4 Å². The van der Waals surface area contributed by atoms with Crippen molar-refractivity contribution in [2.45, 2.75) is 45.4 Å². The molecule has 0 radical (unpaired) electrons. The zero-order valence-electron chi connectivity index (χ0n) is 27.5. The quantitative estimate of drug-likeness (QED) is 0.0720. The van der Waals surface area contributed by atoms with Gasteiger partial charge in [0.1, 0.15) is 5.52 Å². The number of esters is 2. The molecule has 49 heavy (non-hydrogen) atoms. The highest BCUT2D eigenvalue weighted by atomic mass is 16.6. The molecule has 0 atom stereocenters. The van der Waals surface area contributed by atoms with Gasteiger partial charge in [-0.1, -0.05) is 73.5 Å². The van der Waals surface area contributed by atoms with Crippen molar-refractivity contribution in [3.05, 3.63) is 124 Å². The van der Waals surface area contributed by atoms with E-state index in [1.54, 1.807) is 23.7 Å². The van der Waals surface area contributed by atoms with Crippen molar-refractivity contribution in [3.63, 3.8) is 0 Å². The van der Waals surface area contributed by atoms with Gasteiger partial charge in [-0.3, -0.25) is 14.8 Å². The number of fused-ring (bicyclic) bond motifs is 2. The number of non-ortho nitro benzene ring substituents is 1. The summed E-state index contributed by atoms with van der Waals surface area (Å²) in [7, 11) is 0. The number of carbonyl (C=O) groups excluding carboxylic acids is 2. The summed E-state index contributed by atoms with van der Waals surface area (Å²) >= 11 is 0. The van der Waals surface area contributed by atoms with E-state index in [-0.39, 0.29) is 23.8 Å². The number of hydrogen-bond acceptors (Lipinski definition) is 7. The van der Waals surface area contributed by atoms with Gasteiger partial charge in [0.2, 0.25) is 0 Å². The standard InChI is InChI=1S/C22H24N2O2.C17H14N2O4/c1-2-26-22(25)18-12-17-14-20(16-10-4-3-5-11-16)24(23)21(17)19(13-18)15-8-6-7-9-15;1-2-23-17(20)13-8-12-9-14(11-6-4-3-5-7-11)18-16(12)15(10-13)19(21)22/h3-5,10-15H,2,6-9,23H2,1H3;3-10,18H,2H2,1H3. The number of nitro benzene ring substituents is 1. The summed E-state index contributed by atoms with van der Waals surface area (Å²) in [6, 6.07) is 30.2. The van der Waals surface area contributed by atoms with Crippen LogP contribution in [0.25, 0.3) is 44.3 Å². The maximum absolute atomic E-state index is 12.4. The molecule has 1 saturated carbocycles. The second kappa shape index (κ2) is 14.5. The number of rotatable bonds is 8. The maximum Gasteiger partial charge on any atom is 0.338 e. The molecule has 2 aromatic heterocycles. The topological polar surface area (TPSA) is 142 Å². The number of nitrogens with two attached hydrogens (primary N) is 1. The second-order valence-corrected chi connectivity index (χ2v) is 12.0. The van der Waals surface area contributed by atoms with Crippen LogP contribution in [0.1, 0.15) is 71.7 Å². The molecule has 0 spiro atoms. The van der Waals surface area contributed by atoms with Crippen LogP contribution in [0.2, 0.25) is 0 Å². The van der Waals surface area contributed by atoms with Crippen LogP contribution in [0, 0.1) is 10.1 Å². The van der Waals surface area contributed by atoms with Crippen molar-refractivity contribution in [1.82, 2.24) is 9.66 Å². The summed E-state index contributed by atoms with van der Waals surface area (Å²) < 4.78 is 12.0. The van der Waals surface area contributed by atoms with E-state index in [1.165, 1.54) is 24.5 Å². The smallest absolute Gasteiger partial charge is 0.338 e. The van der Waals surface area contributed by atoms with Crippen LogP contribution in [-0.4, -0.2) is 39.7 Å². The number of ether oxygens (including phenoxy) is 2. The highest BCUT2D eigenvalue weighted by molar-refractivity contribution is 6.00. The first-order valence-electron chi connectivity index (χ1n) is 16.5. The minimum Gasteiger partial charge on any atom is -0.462 e. The summed E-state index contributed by atoms with van der Waals surface area (Å²) in [6.07, 6.45) is 4.75. The number of aromatic nitrogens is 2. The SMILES string of the molecule is CCOC(=O)c1cc(C2CCCC2)c2c(c1)cc(-c1ccccc1)n2N.CCOC(=O)c1cc([N+](=O)[O-])c2[nH]c(-c3ccccc3)cc2c1. The van der Waals surface area contributed by atoms with Crippen LogP contribution in [0.5, 0.6) is 0 Å². The van der Waals surface area contributed by atoms with E-state index < -0.39 is 10.9 Å². The van der Waals surface area contributed by atoms with Crippen LogP contribution in [0.15, 0.2) is 97.1 Å². The van der Waals surface area contributed by atoms with Gasteiger partial charge in [-0.2, -0.15) is 0 Å². The number of nitro groups is 1. The fourth-order valence-corrected chi connectivity index (χ4v) is 6.59. The van der Waals surface area contributed by atoms with Crippen molar-refractivity contribution in [3.8, 4) is 22.5 Å². The number of aromatic amines is 1. The van der Waals surface area contributed by atoms with Crippen molar-refractivity contribution in [2.75, 3.05) is 19.1 Å². The van der Waals surface area contributed by atoms with Crippen LogP contribution >= 0.6 is 0 Å². The van der Waals surface area contributed by atoms with E-state index in [4.69, 9.17) is 15.3 Å². The molecule has 1 aliphatic rings. The molecule has 0 amide bonds. The number of nitrogens with one attached hydrogen (secondary N) is 1. The van der Waals surface area contributed by atoms with E-state index in [9.17, 15) is 19.7 Å². The first-order valence-corrected chi connectivity index (χ1v) is 16.5. The molecule has 4 aromatic carbocycles. The molecule has 6 aromatic rings. The molecule has 10 heteroatoms. The molecular formula is C39H38N4O6. The van der Waals surface area contributed by atoms with E-state index in [0.717, 1.165) is 46.3 Å². The predicted octanol–water partition coefficient (Wildman–Crippen LogP) is 8.78. The van der Waals surface area contributed by atoms with E-state index >= 15 is 0 Å². The third kappa shape index (κ3) is 6.89. The van der Waals surface area contributed by atoms with Gasteiger partial charge in [-0.05, 0) is 74.1 Å². The normalized spacial score (nSPS) is 12.9. The van der Waals surface area contributed by atoms with Crippen LogP contribution in [0.3, 0.4) is 0 Å². The van der Waals surface area contributed by atoms with Gasteiger partial charge in [0.25, 0.3) is 5.69 Å². The molecule has 3 N–H and O–H groups in total. The minimum absolute atomic E-state index is 0.146. The number of hydrogen-bond donors (Lipinski definition) is 2. The predicted molar refractivity (Wildman–Crippen MR) is 191 cm³/mol. The third-order valence-corrected chi connectivity index (χ3v) is 8.84. The fourth-order valence-electron chi connectivity index (χ4n) is 6.59. The molecular weight excluding hydrogens is 620 g/mol. The van der Waals surface area contributed by atoms with E-state index in [2.05, 4.69) is 23.2 Å². The lowest BCUT2D eigenvalue weighted by molar-refractivity contribution is -0.383. The zero-order valence-corrected chi connectivity index (χ0v) is 27.5. The van der Waals surface area contributed by atoms with Gasteiger partial charge in [-0.25, -0.2) is 9.59 Å². The van der Waals surface area contributed by atoms with Gasteiger partial charge >= 0.3 is 11.9 Å². The molecule has 0 aliphatic heterocycles. The summed E-state index contributed by atoms with van der Waals surface area (Å²) in [6.45, 7) is 4.11.